The molecule has 4 rings (SSSR count). The molecule has 0 aliphatic carbocycles. The average molecular weight is 449 g/mol. The molecule has 0 saturated carbocycles. The molecule has 0 saturated heterocycles. The summed E-state index contributed by atoms with van der Waals surface area (Å²) in [5.74, 6) is 2.10. The van der Waals surface area contributed by atoms with E-state index in [1.807, 2.05) is 63.2 Å². The third-order valence-electron chi connectivity index (χ3n) is 5.06. The molecule has 0 unspecified atom stereocenters. The number of hydrogen-bond acceptors (Lipinski definition) is 7. The number of aromatic amines is 1. The molecule has 32 heavy (non-hydrogen) atoms. The Hall–Kier alpha value is -3.46. The fourth-order valence-electron chi connectivity index (χ4n) is 3.11. The summed E-state index contributed by atoms with van der Waals surface area (Å²) in [7, 11) is 0. The van der Waals surface area contributed by atoms with E-state index in [4.69, 9.17) is 4.52 Å². The Bertz CT molecular complexity index is 1230. The van der Waals surface area contributed by atoms with E-state index in [1.54, 1.807) is 0 Å². The summed E-state index contributed by atoms with van der Waals surface area (Å²) in [5.41, 5.74) is 5.27. The van der Waals surface area contributed by atoms with E-state index in [0.29, 0.717) is 29.0 Å². The average Bonchev–Trinajstić information content (AvgIpc) is 3.43. The van der Waals surface area contributed by atoms with Crippen LogP contribution < -0.4 is 5.32 Å². The molecule has 4 aromatic rings. The van der Waals surface area contributed by atoms with Crippen molar-refractivity contribution < 1.29 is 9.32 Å². The highest BCUT2D eigenvalue weighted by Gasteiger charge is 2.13. The van der Waals surface area contributed by atoms with Crippen LogP contribution in [0.15, 0.2) is 52.1 Å². The van der Waals surface area contributed by atoms with Crippen molar-refractivity contribution >= 4 is 23.4 Å². The van der Waals surface area contributed by atoms with Crippen molar-refractivity contribution in [2.45, 2.75) is 44.5 Å². The zero-order valence-electron chi connectivity index (χ0n) is 18.2. The molecular formula is C23H24N6O2S. The lowest BCUT2D eigenvalue weighted by molar-refractivity contribution is -0.116. The van der Waals surface area contributed by atoms with Gasteiger partial charge in [-0.3, -0.25) is 9.89 Å². The van der Waals surface area contributed by atoms with Crippen LogP contribution in [-0.4, -0.2) is 31.2 Å². The van der Waals surface area contributed by atoms with Crippen molar-refractivity contribution in [3.8, 4) is 11.4 Å². The molecule has 164 valence electrons. The van der Waals surface area contributed by atoms with Gasteiger partial charge in [0.1, 0.15) is 0 Å². The summed E-state index contributed by atoms with van der Waals surface area (Å²) in [6, 6.07) is 13.9. The molecule has 0 fully saturated rings. The number of carbonyl (C=O) groups excluding carboxylic acids is 1. The first-order chi connectivity index (χ1) is 15.5. The Morgan fingerprint density at radius 1 is 1.06 bits per heavy atom. The standard InChI is InChI=1S/C23H24N6O2S/c1-14-8-9-17(12-16(14)3)24-20(30)10-11-21-25-19(29-31-21)13-32-23-26-22(27-28-23)18-7-5-4-6-15(18)2/h4-9,12H,10-11,13H2,1-3H3,(H,24,30)(H,26,27,28). The van der Waals surface area contributed by atoms with Crippen LogP contribution in [0.1, 0.15) is 34.8 Å². The Balaban J connectivity index is 1.27. The van der Waals surface area contributed by atoms with Gasteiger partial charge in [-0.05, 0) is 49.6 Å². The second-order valence-electron chi connectivity index (χ2n) is 7.52. The maximum Gasteiger partial charge on any atom is 0.227 e. The molecular weight excluding hydrogens is 424 g/mol. The van der Waals surface area contributed by atoms with Gasteiger partial charge in [0.15, 0.2) is 11.6 Å². The molecule has 8 nitrogen and oxygen atoms in total. The van der Waals surface area contributed by atoms with Crippen molar-refractivity contribution in [1.29, 1.82) is 0 Å². The van der Waals surface area contributed by atoms with Crippen LogP contribution in [0.2, 0.25) is 0 Å². The minimum absolute atomic E-state index is 0.0909. The first kappa shape index (κ1) is 21.8. The van der Waals surface area contributed by atoms with Crippen molar-refractivity contribution in [2.24, 2.45) is 0 Å². The predicted molar refractivity (Wildman–Crippen MR) is 123 cm³/mol. The second-order valence-corrected chi connectivity index (χ2v) is 8.46. The fraction of sp³-hybridized carbons (Fsp3) is 0.261. The Morgan fingerprint density at radius 2 is 1.91 bits per heavy atom. The Labute approximate surface area is 190 Å². The van der Waals surface area contributed by atoms with Gasteiger partial charge in [0, 0.05) is 24.1 Å². The molecule has 0 bridgehead atoms. The summed E-state index contributed by atoms with van der Waals surface area (Å²) in [4.78, 5) is 21.1. The number of nitrogens with one attached hydrogen (secondary N) is 2. The van der Waals surface area contributed by atoms with Crippen LogP contribution in [0.25, 0.3) is 11.4 Å². The number of anilines is 1. The lowest BCUT2D eigenvalue weighted by atomic mass is 10.1. The molecule has 2 heterocycles. The Morgan fingerprint density at radius 3 is 2.72 bits per heavy atom. The lowest BCUT2D eigenvalue weighted by Gasteiger charge is -2.06. The van der Waals surface area contributed by atoms with Gasteiger partial charge >= 0.3 is 0 Å². The number of aryl methyl sites for hydroxylation is 4. The van der Waals surface area contributed by atoms with Crippen LogP contribution in [-0.2, 0) is 17.0 Å². The van der Waals surface area contributed by atoms with Crippen molar-refractivity contribution in [1.82, 2.24) is 25.3 Å². The van der Waals surface area contributed by atoms with E-state index in [0.717, 1.165) is 28.2 Å². The highest BCUT2D eigenvalue weighted by atomic mass is 32.2. The van der Waals surface area contributed by atoms with Gasteiger partial charge in [-0.25, -0.2) is 4.98 Å². The summed E-state index contributed by atoms with van der Waals surface area (Å²) in [6.07, 6.45) is 0.648. The van der Waals surface area contributed by atoms with E-state index in [2.05, 4.69) is 30.6 Å². The van der Waals surface area contributed by atoms with Gasteiger partial charge in [0.05, 0.1) is 5.75 Å². The largest absolute Gasteiger partial charge is 0.339 e. The monoisotopic (exact) mass is 448 g/mol. The van der Waals surface area contributed by atoms with Gasteiger partial charge in [0.25, 0.3) is 0 Å². The zero-order valence-corrected chi connectivity index (χ0v) is 19.0. The van der Waals surface area contributed by atoms with Gasteiger partial charge in [-0.1, -0.05) is 47.3 Å². The number of rotatable bonds is 8. The van der Waals surface area contributed by atoms with E-state index < -0.39 is 0 Å². The molecule has 0 radical (unpaired) electrons. The SMILES string of the molecule is Cc1ccc(NC(=O)CCc2nc(CSc3n[nH]c(-c4ccccc4C)n3)no2)cc1C. The number of hydrogen-bond donors (Lipinski definition) is 2. The molecule has 2 N–H and O–H groups in total. The molecule has 0 atom stereocenters. The topological polar surface area (TPSA) is 110 Å². The minimum Gasteiger partial charge on any atom is -0.339 e. The smallest absolute Gasteiger partial charge is 0.227 e. The predicted octanol–water partition coefficient (Wildman–Crippen LogP) is 4.64. The van der Waals surface area contributed by atoms with Crippen molar-refractivity contribution in [3.05, 3.63) is 70.9 Å². The molecule has 0 spiro atoms. The van der Waals surface area contributed by atoms with E-state index in [1.165, 1.54) is 17.3 Å². The maximum absolute atomic E-state index is 12.2. The second kappa shape index (κ2) is 9.78. The summed E-state index contributed by atoms with van der Waals surface area (Å²) < 4.78 is 5.28. The fourth-order valence-corrected chi connectivity index (χ4v) is 3.75. The number of nitrogens with zero attached hydrogens (tertiary/aromatic N) is 4. The third-order valence-corrected chi connectivity index (χ3v) is 5.91. The first-order valence-corrected chi connectivity index (χ1v) is 11.3. The molecule has 9 heteroatoms. The highest BCUT2D eigenvalue weighted by Crippen LogP contribution is 2.23. The molecule has 0 aliphatic heterocycles. The molecule has 1 amide bonds. The van der Waals surface area contributed by atoms with Crippen LogP contribution >= 0.6 is 11.8 Å². The van der Waals surface area contributed by atoms with Crippen molar-refractivity contribution in [3.63, 3.8) is 0 Å². The maximum atomic E-state index is 12.2. The van der Waals surface area contributed by atoms with Gasteiger partial charge in [0.2, 0.25) is 17.0 Å². The quantitative estimate of drug-likeness (QED) is 0.378. The number of amides is 1. The van der Waals surface area contributed by atoms with Crippen molar-refractivity contribution in [2.75, 3.05) is 5.32 Å². The van der Waals surface area contributed by atoms with Crippen LogP contribution in [0.5, 0.6) is 0 Å². The summed E-state index contributed by atoms with van der Waals surface area (Å²) >= 11 is 1.42. The first-order valence-electron chi connectivity index (χ1n) is 10.3. The van der Waals surface area contributed by atoms with E-state index in [-0.39, 0.29) is 12.3 Å². The van der Waals surface area contributed by atoms with Gasteiger partial charge < -0.3 is 9.84 Å². The highest BCUT2D eigenvalue weighted by molar-refractivity contribution is 7.98. The van der Waals surface area contributed by atoms with Gasteiger partial charge in [-0.15, -0.1) is 5.10 Å². The number of benzene rings is 2. The normalized spacial score (nSPS) is 11.0. The molecule has 0 aliphatic rings. The van der Waals surface area contributed by atoms with E-state index in [9.17, 15) is 4.79 Å². The number of carbonyl (C=O) groups is 1. The number of H-pyrrole nitrogens is 1. The van der Waals surface area contributed by atoms with Crippen LogP contribution in [0.4, 0.5) is 5.69 Å². The third kappa shape index (κ3) is 5.42. The van der Waals surface area contributed by atoms with Gasteiger partial charge in [-0.2, -0.15) is 4.98 Å². The Kier molecular flexibility index (Phi) is 6.65. The van der Waals surface area contributed by atoms with E-state index >= 15 is 0 Å². The summed E-state index contributed by atoms with van der Waals surface area (Å²) in [6.45, 7) is 6.09. The lowest BCUT2D eigenvalue weighted by Crippen LogP contribution is -2.12. The summed E-state index contributed by atoms with van der Waals surface area (Å²) in [5, 5.41) is 14.7. The molecule has 2 aromatic heterocycles. The zero-order chi connectivity index (χ0) is 22.5. The van der Waals surface area contributed by atoms with Crippen LogP contribution in [0, 0.1) is 20.8 Å². The number of thioether (sulfide) groups is 1. The molecule has 2 aromatic carbocycles. The van der Waals surface area contributed by atoms with Crippen LogP contribution in [0.3, 0.4) is 0 Å². The number of aromatic nitrogens is 5. The minimum atomic E-state index is -0.0909.